The Balaban J connectivity index is 1.86. The smallest absolute Gasteiger partial charge is 0.148 e. The Labute approximate surface area is 142 Å². The fourth-order valence-electron chi connectivity index (χ4n) is 6.12. The highest BCUT2D eigenvalue weighted by Gasteiger charge is 2.67. The molecule has 4 unspecified atom stereocenters. The van der Waals surface area contributed by atoms with Crippen molar-refractivity contribution in [2.45, 2.75) is 31.2 Å². The van der Waals surface area contributed by atoms with E-state index in [2.05, 4.69) is 31.4 Å². The van der Waals surface area contributed by atoms with E-state index < -0.39 is 0 Å². The van der Waals surface area contributed by atoms with Crippen LogP contribution in [0.5, 0.6) is 5.75 Å². The topological polar surface area (TPSA) is 49.3 Å². The molecule has 0 aromatic heterocycles. The summed E-state index contributed by atoms with van der Waals surface area (Å²) < 4.78 is 1.04. The molecule has 2 N–H and O–H groups in total. The largest absolute Gasteiger partial charge is 0.506 e. The quantitative estimate of drug-likeness (QED) is 0.362. The monoisotopic (exact) mass is 323 g/mol. The number of likely N-dealkylation sites (N-methyl/N-ethyl adjacent to an activating group) is 1. The van der Waals surface area contributed by atoms with Gasteiger partial charge in [0, 0.05) is 30.0 Å². The number of carbonyl (C=O) groups excluding carboxylic acids is 1. The van der Waals surface area contributed by atoms with Gasteiger partial charge >= 0.3 is 0 Å². The Hall–Kier alpha value is -2.07. The van der Waals surface area contributed by atoms with Crippen LogP contribution in [0.1, 0.15) is 25.3 Å². The summed E-state index contributed by atoms with van der Waals surface area (Å²) in [4.78, 5) is 12.1. The lowest BCUT2D eigenvalue weighted by Crippen LogP contribution is -2.61. The number of hydrogen-bond donors (Lipinski definition) is 2. The SMILES string of the molecule is CC=C1C[N+]2(C)CCC34C(=C(C=O)C1CC32)Nc1c(O)cccc14. The Morgan fingerprint density at radius 1 is 1.42 bits per heavy atom. The molecule has 4 heteroatoms. The van der Waals surface area contributed by atoms with Crippen LogP contribution in [0.3, 0.4) is 0 Å². The maximum Gasteiger partial charge on any atom is 0.148 e. The highest BCUT2D eigenvalue weighted by Crippen LogP contribution is 2.63. The van der Waals surface area contributed by atoms with Gasteiger partial charge in [0.05, 0.1) is 24.7 Å². The first kappa shape index (κ1) is 14.3. The number of piperidine rings is 1. The molecule has 4 aliphatic rings. The van der Waals surface area contributed by atoms with Gasteiger partial charge in [-0.2, -0.15) is 0 Å². The van der Waals surface area contributed by atoms with E-state index in [1.165, 1.54) is 11.1 Å². The van der Waals surface area contributed by atoms with Gasteiger partial charge in [-0.25, -0.2) is 0 Å². The Kier molecular flexibility index (Phi) is 2.56. The van der Waals surface area contributed by atoms with Gasteiger partial charge in [0.15, 0.2) is 0 Å². The molecule has 2 saturated heterocycles. The van der Waals surface area contributed by atoms with Crippen molar-refractivity contribution in [3.05, 3.63) is 46.7 Å². The number of nitrogens with zero attached hydrogens (tertiary/aromatic N) is 1. The van der Waals surface area contributed by atoms with Crippen molar-refractivity contribution < 1.29 is 14.4 Å². The number of anilines is 1. The third-order valence-corrected chi connectivity index (χ3v) is 7.17. The van der Waals surface area contributed by atoms with Gasteiger partial charge in [0.25, 0.3) is 0 Å². The van der Waals surface area contributed by atoms with Crippen LogP contribution in [-0.2, 0) is 10.2 Å². The van der Waals surface area contributed by atoms with Crippen LogP contribution in [0, 0.1) is 5.92 Å². The molecule has 1 aromatic rings. The van der Waals surface area contributed by atoms with Gasteiger partial charge in [0.1, 0.15) is 24.6 Å². The zero-order chi connectivity index (χ0) is 16.7. The zero-order valence-corrected chi connectivity index (χ0v) is 14.2. The van der Waals surface area contributed by atoms with Crippen molar-refractivity contribution in [3.8, 4) is 5.75 Å². The highest BCUT2D eigenvalue weighted by atomic mass is 16.3. The van der Waals surface area contributed by atoms with Crippen molar-refractivity contribution in [2.24, 2.45) is 5.92 Å². The summed E-state index contributed by atoms with van der Waals surface area (Å²) in [6, 6.07) is 6.27. The zero-order valence-electron chi connectivity index (χ0n) is 14.2. The number of aldehydes is 1. The second-order valence-corrected chi connectivity index (χ2v) is 8.02. The summed E-state index contributed by atoms with van der Waals surface area (Å²) in [5, 5.41) is 13.8. The number of hydrogen-bond acceptors (Lipinski definition) is 3. The Bertz CT molecular complexity index is 840. The second kappa shape index (κ2) is 4.31. The third kappa shape index (κ3) is 1.38. The van der Waals surface area contributed by atoms with Crippen molar-refractivity contribution in [2.75, 3.05) is 25.5 Å². The number of nitrogens with one attached hydrogen (secondary N) is 1. The number of rotatable bonds is 1. The van der Waals surface area contributed by atoms with Crippen molar-refractivity contribution >= 4 is 12.0 Å². The Morgan fingerprint density at radius 3 is 3.00 bits per heavy atom. The van der Waals surface area contributed by atoms with Crippen molar-refractivity contribution in [3.63, 3.8) is 0 Å². The molecule has 2 fully saturated rings. The predicted molar refractivity (Wildman–Crippen MR) is 92.7 cm³/mol. The van der Waals surface area contributed by atoms with E-state index >= 15 is 0 Å². The van der Waals surface area contributed by atoms with Crippen LogP contribution in [0.4, 0.5) is 5.69 Å². The highest BCUT2D eigenvalue weighted by molar-refractivity contribution is 5.85. The maximum atomic E-state index is 12.1. The number of carbonyl (C=O) groups is 1. The number of phenolic OH excluding ortho intramolecular Hbond substituents is 1. The predicted octanol–water partition coefficient (Wildman–Crippen LogP) is 2.71. The van der Waals surface area contributed by atoms with E-state index in [0.29, 0.717) is 6.04 Å². The summed E-state index contributed by atoms with van der Waals surface area (Å²) in [5.74, 6) is 0.518. The summed E-state index contributed by atoms with van der Waals surface area (Å²) in [5.41, 5.74) is 5.23. The first-order valence-electron chi connectivity index (χ1n) is 8.84. The molecule has 5 rings (SSSR count). The lowest BCUT2D eigenvalue weighted by Gasteiger charge is -2.51. The molecule has 0 radical (unpaired) electrons. The number of aromatic hydroxyl groups is 1. The molecule has 1 spiro atoms. The van der Waals surface area contributed by atoms with Crippen LogP contribution in [0.25, 0.3) is 0 Å². The minimum atomic E-state index is -0.130. The van der Waals surface area contributed by atoms with Gasteiger partial charge in [-0.05, 0) is 24.1 Å². The first-order valence-corrected chi connectivity index (χ1v) is 8.84. The molecule has 0 amide bonds. The summed E-state index contributed by atoms with van der Waals surface area (Å²) in [6.07, 6.45) is 5.34. The average Bonchev–Trinajstić information content (AvgIpc) is 3.09. The molecule has 124 valence electrons. The van der Waals surface area contributed by atoms with Gasteiger partial charge in [-0.15, -0.1) is 0 Å². The number of fused-ring (bicyclic) bond motifs is 2. The van der Waals surface area contributed by atoms with Crippen LogP contribution >= 0.6 is 0 Å². The number of benzene rings is 1. The van der Waals surface area contributed by atoms with E-state index in [0.717, 1.165) is 53.7 Å². The normalized spacial score (nSPS) is 40.3. The van der Waals surface area contributed by atoms with Gasteiger partial charge in [0.2, 0.25) is 0 Å². The third-order valence-electron chi connectivity index (χ3n) is 7.17. The molecule has 4 atom stereocenters. The van der Waals surface area contributed by atoms with Gasteiger partial charge in [-0.3, -0.25) is 4.79 Å². The minimum Gasteiger partial charge on any atom is -0.506 e. The molecule has 1 aliphatic carbocycles. The maximum absolute atomic E-state index is 12.1. The molecule has 2 bridgehead atoms. The average molecular weight is 323 g/mol. The summed E-state index contributed by atoms with van der Waals surface area (Å²) >= 11 is 0. The number of allylic oxidation sites excluding steroid dienone is 2. The molecule has 1 aromatic carbocycles. The van der Waals surface area contributed by atoms with E-state index in [4.69, 9.17) is 0 Å². The summed E-state index contributed by atoms with van der Waals surface area (Å²) in [6.45, 7) is 4.24. The van der Waals surface area contributed by atoms with Crippen molar-refractivity contribution in [1.82, 2.24) is 0 Å². The van der Waals surface area contributed by atoms with Gasteiger partial charge in [-0.1, -0.05) is 18.2 Å². The summed E-state index contributed by atoms with van der Waals surface area (Å²) in [7, 11) is 2.36. The van der Waals surface area contributed by atoms with Crippen LogP contribution in [0.15, 0.2) is 41.1 Å². The standard InChI is InChI=1S/C20H22N2O2/c1-3-12-10-22(2)8-7-20-15-5-4-6-16(24)18(15)21-19(20)14(11-23)13(12)9-17(20)22/h3-6,11,13,17H,7-10H2,1-2H3,(H-,21,23,24)/p+1. The fraction of sp³-hybridized carbons (Fsp3) is 0.450. The number of phenols is 1. The number of quaternary nitrogens is 1. The van der Waals surface area contributed by atoms with E-state index in [1.54, 1.807) is 6.07 Å². The van der Waals surface area contributed by atoms with E-state index in [1.807, 2.05) is 6.07 Å². The molecule has 3 aliphatic heterocycles. The molecule has 24 heavy (non-hydrogen) atoms. The van der Waals surface area contributed by atoms with E-state index in [-0.39, 0.29) is 17.1 Å². The fourth-order valence-corrected chi connectivity index (χ4v) is 6.12. The second-order valence-electron chi connectivity index (χ2n) is 8.02. The van der Waals surface area contributed by atoms with Crippen LogP contribution < -0.4 is 5.32 Å². The Morgan fingerprint density at radius 2 is 2.25 bits per heavy atom. The molecular formula is C20H23N2O2+. The number of para-hydroxylation sites is 1. The molecule has 3 heterocycles. The van der Waals surface area contributed by atoms with Crippen molar-refractivity contribution in [1.29, 1.82) is 0 Å². The lowest BCUT2D eigenvalue weighted by molar-refractivity contribution is -0.923. The van der Waals surface area contributed by atoms with Gasteiger partial charge < -0.3 is 14.9 Å². The minimum absolute atomic E-state index is 0.130. The molecular weight excluding hydrogens is 300 g/mol. The van der Waals surface area contributed by atoms with Crippen LogP contribution in [0.2, 0.25) is 0 Å². The first-order chi connectivity index (χ1) is 11.5. The van der Waals surface area contributed by atoms with E-state index in [9.17, 15) is 9.90 Å². The molecule has 4 nitrogen and oxygen atoms in total. The lowest BCUT2D eigenvalue weighted by atomic mass is 9.61. The molecule has 0 saturated carbocycles. The van der Waals surface area contributed by atoms with Crippen LogP contribution in [-0.4, -0.2) is 42.1 Å².